The van der Waals surface area contributed by atoms with E-state index in [0.29, 0.717) is 11.9 Å². The van der Waals surface area contributed by atoms with Crippen LogP contribution in [0.3, 0.4) is 0 Å². The van der Waals surface area contributed by atoms with Gasteiger partial charge in [-0.15, -0.1) is 0 Å². The van der Waals surface area contributed by atoms with Crippen molar-refractivity contribution in [3.63, 3.8) is 0 Å². The van der Waals surface area contributed by atoms with Gasteiger partial charge in [-0.2, -0.15) is 15.4 Å². The van der Waals surface area contributed by atoms with Crippen LogP contribution < -0.4 is 14.9 Å². The summed E-state index contributed by atoms with van der Waals surface area (Å²) in [5, 5.41) is 51.0. The molecule has 1 aliphatic heterocycles. The van der Waals surface area contributed by atoms with Gasteiger partial charge in [0, 0.05) is 6.42 Å². The van der Waals surface area contributed by atoms with Crippen molar-refractivity contribution in [3.05, 3.63) is 54.5 Å². The molecule has 0 radical (unpaired) electrons. The van der Waals surface area contributed by atoms with Crippen molar-refractivity contribution >= 4 is 31.0 Å². The molecule has 5 N–H and O–H groups in total. The van der Waals surface area contributed by atoms with Gasteiger partial charge in [-0.3, -0.25) is 14.1 Å². The minimum atomic E-state index is -4.49. The summed E-state index contributed by atoms with van der Waals surface area (Å²) in [6.45, 7) is 2.55. The molecule has 49 heavy (non-hydrogen) atoms. The number of aliphatic hydroxyl groups excluding tert-OH is 2. The van der Waals surface area contributed by atoms with Crippen LogP contribution >= 0.6 is 7.75 Å². The number of carboxylic acid groups (broad SMARTS) is 1. The lowest BCUT2D eigenvalue weighted by Crippen LogP contribution is -2.46. The van der Waals surface area contributed by atoms with Crippen LogP contribution in [0.4, 0.5) is 5.82 Å². The zero-order chi connectivity index (χ0) is 35.4. The van der Waals surface area contributed by atoms with E-state index in [9.17, 15) is 34.7 Å². The number of hydrogen-bond acceptors (Lipinski definition) is 11. The molecule has 4 rings (SSSR count). The molecule has 1 saturated heterocycles. The molecule has 0 saturated carbocycles. The van der Waals surface area contributed by atoms with E-state index >= 15 is 0 Å². The van der Waals surface area contributed by atoms with E-state index in [1.807, 2.05) is 6.07 Å². The van der Waals surface area contributed by atoms with Gasteiger partial charge >= 0.3 is 13.7 Å². The number of anilines is 1. The fourth-order valence-electron chi connectivity index (χ4n) is 5.53. The number of unbranched alkanes of at least 4 members (excludes halogenated alkanes) is 8. The van der Waals surface area contributed by atoms with Crippen LogP contribution in [0.15, 0.2) is 48.8 Å². The molecule has 266 valence electrons. The lowest BCUT2D eigenvalue weighted by Gasteiger charge is -2.28. The maximum Gasteiger partial charge on any atom is 0.459 e. The number of aliphatic hydroxyl groups is 2. The Hall–Kier alpha value is -3.90. The zero-order valence-electron chi connectivity index (χ0n) is 27.7. The Kier molecular flexibility index (Phi) is 13.7. The van der Waals surface area contributed by atoms with Crippen molar-refractivity contribution in [2.24, 2.45) is 0 Å². The molecule has 0 unspecified atom stereocenters. The van der Waals surface area contributed by atoms with Crippen molar-refractivity contribution < 1.29 is 43.3 Å². The molecule has 15 nitrogen and oxygen atoms in total. The molecule has 3 aromatic rings. The molecule has 0 bridgehead atoms. The minimum Gasteiger partial charge on any atom is -0.480 e. The molecule has 1 amide bonds. The highest BCUT2D eigenvalue weighted by atomic mass is 31.2. The second-order valence-corrected chi connectivity index (χ2v) is 13.8. The van der Waals surface area contributed by atoms with Gasteiger partial charge in [0.05, 0.1) is 5.69 Å². The smallest absolute Gasteiger partial charge is 0.459 e. The van der Waals surface area contributed by atoms with E-state index in [4.69, 9.17) is 13.8 Å². The second-order valence-electron chi connectivity index (χ2n) is 12.1. The molecule has 3 heterocycles. The normalized spacial score (nSPS) is 22.3. The number of fused-ring (bicyclic) bond motifs is 1. The third-order valence-corrected chi connectivity index (χ3v) is 9.94. The summed E-state index contributed by atoms with van der Waals surface area (Å²) < 4.78 is 32.0. The van der Waals surface area contributed by atoms with Crippen LogP contribution in [0, 0.1) is 11.3 Å². The lowest BCUT2D eigenvalue weighted by atomic mass is 9.96. The third kappa shape index (κ3) is 9.85. The van der Waals surface area contributed by atoms with Crippen molar-refractivity contribution in [1.82, 2.24) is 19.7 Å². The molecule has 0 spiro atoms. The number of hydrogen-bond donors (Lipinski definition) is 5. The number of nitriles is 1. The first kappa shape index (κ1) is 37.9. The van der Waals surface area contributed by atoms with Crippen LogP contribution in [0.25, 0.3) is 5.52 Å². The van der Waals surface area contributed by atoms with Gasteiger partial charge in [-0.1, -0.05) is 76.5 Å². The van der Waals surface area contributed by atoms with Gasteiger partial charge in [0.25, 0.3) is 0 Å². The van der Waals surface area contributed by atoms with Gasteiger partial charge in [0.1, 0.15) is 54.6 Å². The van der Waals surface area contributed by atoms with Crippen LogP contribution in [0.1, 0.15) is 89.9 Å². The first-order valence-corrected chi connectivity index (χ1v) is 18.1. The highest BCUT2D eigenvalue weighted by molar-refractivity contribution is 7.52. The van der Waals surface area contributed by atoms with E-state index in [0.717, 1.165) is 25.7 Å². The summed E-state index contributed by atoms with van der Waals surface area (Å²) in [4.78, 5) is 28.4. The number of amides is 1. The highest BCUT2D eigenvalue weighted by Gasteiger charge is 2.57. The number of carbonyl (C=O) groups is 2. The van der Waals surface area contributed by atoms with Crippen molar-refractivity contribution in [3.8, 4) is 11.8 Å². The Labute approximate surface area is 285 Å². The Balaban J connectivity index is 1.42. The fraction of sp³-hybridized carbons (Fsp3) is 0.545. The van der Waals surface area contributed by atoms with Gasteiger partial charge in [-0.25, -0.2) is 14.1 Å². The summed E-state index contributed by atoms with van der Waals surface area (Å²) >= 11 is 0. The average Bonchev–Trinajstić information content (AvgIpc) is 3.62. The minimum absolute atomic E-state index is 0.0862. The molecule has 1 fully saturated rings. The number of ether oxygens (including phenoxy) is 1. The quantitative estimate of drug-likeness (QED) is 0.0783. The first-order chi connectivity index (χ1) is 23.5. The van der Waals surface area contributed by atoms with Gasteiger partial charge < -0.3 is 29.9 Å². The summed E-state index contributed by atoms with van der Waals surface area (Å²) in [6, 6.07) is 11.4. The standard InChI is InChI=1S/C33H45N6O9P/c1-3-4-5-6-7-8-9-10-14-17-27(40)37-31-26-19-18-25(39(26)36-22-35-31)29-28(41)30(42)33(20-34,47-29)21-46-49(45,38-23(2)32(43)44)48-24-15-12-11-13-16-24/h11-13,15-16,18-19,22-23,28-30,41-42H,3-10,14,17,21H2,1-2H3,(H,38,45)(H,43,44)(H,35,36,37,40)/t23-,28-,29-,30-,33+,49-/m0/s1. The SMILES string of the molecule is CCCCCCCCCCCC(=O)Nc1ncnn2c([C@@H]3O[C@](C#N)(CO[P@@](=O)(N[C@@H](C)C(=O)O)Oc4ccccc4)[C@@H](O)[C@H]3O)ccc12. The molecule has 1 aromatic carbocycles. The second kappa shape index (κ2) is 17.7. The number of para-hydroxylation sites is 1. The molecule has 6 atom stereocenters. The van der Waals surface area contributed by atoms with Crippen LogP contribution in [-0.2, 0) is 23.4 Å². The molecule has 16 heteroatoms. The van der Waals surface area contributed by atoms with E-state index in [-0.39, 0.29) is 23.2 Å². The van der Waals surface area contributed by atoms with Crippen molar-refractivity contribution in [2.75, 3.05) is 11.9 Å². The Morgan fingerprint density at radius 2 is 1.76 bits per heavy atom. The van der Waals surface area contributed by atoms with Crippen molar-refractivity contribution in [1.29, 1.82) is 5.26 Å². The summed E-state index contributed by atoms with van der Waals surface area (Å²) in [7, 11) is -4.49. The Morgan fingerprint density at radius 3 is 2.41 bits per heavy atom. The maximum absolute atomic E-state index is 13.7. The summed E-state index contributed by atoms with van der Waals surface area (Å²) in [6.07, 6.45) is 6.91. The first-order valence-electron chi connectivity index (χ1n) is 16.6. The predicted molar refractivity (Wildman–Crippen MR) is 179 cm³/mol. The van der Waals surface area contributed by atoms with Crippen molar-refractivity contribution in [2.45, 2.75) is 108 Å². The predicted octanol–water partition coefficient (Wildman–Crippen LogP) is 4.91. The van der Waals surface area contributed by atoms with Crippen LogP contribution in [-0.4, -0.2) is 72.3 Å². The topological polar surface area (TPSA) is 218 Å². The zero-order valence-corrected chi connectivity index (χ0v) is 28.6. The molecule has 1 aliphatic rings. The third-order valence-electron chi connectivity index (χ3n) is 8.32. The van der Waals surface area contributed by atoms with E-state index < -0.39 is 50.3 Å². The average molecular weight is 701 g/mol. The van der Waals surface area contributed by atoms with E-state index in [1.165, 1.54) is 62.0 Å². The van der Waals surface area contributed by atoms with E-state index in [2.05, 4.69) is 27.4 Å². The largest absolute Gasteiger partial charge is 0.480 e. The molecule has 0 aliphatic carbocycles. The number of carboxylic acids is 1. The van der Waals surface area contributed by atoms with Gasteiger partial charge in [-0.05, 0) is 37.6 Å². The highest BCUT2D eigenvalue weighted by Crippen LogP contribution is 2.48. The monoisotopic (exact) mass is 700 g/mol. The van der Waals surface area contributed by atoms with Gasteiger partial charge in [0.2, 0.25) is 11.5 Å². The van der Waals surface area contributed by atoms with Crippen LogP contribution in [0.2, 0.25) is 0 Å². The fourth-order valence-corrected chi connectivity index (χ4v) is 7.05. The summed E-state index contributed by atoms with van der Waals surface area (Å²) in [5.41, 5.74) is -1.63. The number of nitrogens with zero attached hydrogens (tertiary/aromatic N) is 4. The Bertz CT molecular complexity index is 1630. The summed E-state index contributed by atoms with van der Waals surface area (Å²) in [5.74, 6) is -1.22. The van der Waals surface area contributed by atoms with E-state index in [1.54, 1.807) is 30.3 Å². The Morgan fingerprint density at radius 1 is 1.08 bits per heavy atom. The van der Waals surface area contributed by atoms with Gasteiger partial charge in [0.15, 0.2) is 5.82 Å². The number of rotatable bonds is 20. The number of carbonyl (C=O) groups excluding carboxylic acids is 1. The number of benzene rings is 1. The molecular weight excluding hydrogens is 655 g/mol. The molecular formula is C33H45N6O9P. The number of nitrogens with one attached hydrogen (secondary N) is 2. The molecule has 2 aromatic heterocycles. The van der Waals surface area contributed by atoms with Crippen LogP contribution in [0.5, 0.6) is 5.75 Å². The number of aliphatic carboxylic acids is 1. The maximum atomic E-state index is 13.7. The lowest BCUT2D eigenvalue weighted by molar-refractivity contribution is -0.138. The number of aromatic nitrogens is 3.